The molecule has 0 aromatic heterocycles. The van der Waals surface area contributed by atoms with Gasteiger partial charge in [-0.15, -0.1) is 0 Å². The number of primary amides is 1. The van der Waals surface area contributed by atoms with Crippen LogP contribution in [-0.2, 0) is 28.8 Å². The Morgan fingerprint density at radius 1 is 0.871 bits per heavy atom. The molecule has 0 spiro atoms. The lowest BCUT2D eigenvalue weighted by atomic mass is 9.97. The molecule has 0 saturated heterocycles. The van der Waals surface area contributed by atoms with E-state index in [1.807, 2.05) is 0 Å². The van der Waals surface area contributed by atoms with Crippen LogP contribution in [-0.4, -0.2) is 70.5 Å². The molecule has 0 aliphatic carbocycles. The number of aliphatic carboxylic acids is 2. The fourth-order valence-electron chi connectivity index (χ4n) is 2.55. The first-order valence-electron chi connectivity index (χ1n) is 9.75. The average Bonchev–Trinajstić information content (AvgIpc) is 2.70. The van der Waals surface area contributed by atoms with Gasteiger partial charge in [0.25, 0.3) is 0 Å². The average molecular weight is 445 g/mol. The maximum Gasteiger partial charge on any atom is 0.326 e. The van der Waals surface area contributed by atoms with Crippen LogP contribution in [0.3, 0.4) is 0 Å². The quantitative estimate of drug-likeness (QED) is 0.143. The van der Waals surface area contributed by atoms with Gasteiger partial charge in [0.05, 0.1) is 6.54 Å². The van der Waals surface area contributed by atoms with Crippen LogP contribution in [0.5, 0.6) is 0 Å². The minimum atomic E-state index is -1.40. The molecule has 0 aliphatic heterocycles. The second kappa shape index (κ2) is 13.9. The van der Waals surface area contributed by atoms with Crippen molar-refractivity contribution in [1.29, 1.82) is 0 Å². The normalized spacial score (nSPS) is 14.4. The summed E-state index contributed by atoms with van der Waals surface area (Å²) in [7, 11) is 0. The largest absolute Gasteiger partial charge is 0.481 e. The molecule has 0 fully saturated rings. The molecule has 4 atom stereocenters. The Bertz CT molecular complexity index is 684. The second-order valence-corrected chi connectivity index (χ2v) is 7.03. The first-order valence-corrected chi connectivity index (χ1v) is 9.75. The molecule has 13 nitrogen and oxygen atoms in total. The van der Waals surface area contributed by atoms with E-state index in [9.17, 15) is 33.9 Å². The number of nitrogens with two attached hydrogens (primary N) is 2. The minimum absolute atomic E-state index is 0.231. The third-order valence-electron chi connectivity index (χ3n) is 4.57. The molecule has 0 bridgehead atoms. The van der Waals surface area contributed by atoms with Crippen molar-refractivity contribution in [3.8, 4) is 0 Å². The highest BCUT2D eigenvalue weighted by atomic mass is 16.4. The van der Waals surface area contributed by atoms with E-state index < -0.39 is 72.6 Å². The maximum absolute atomic E-state index is 12.7. The van der Waals surface area contributed by atoms with Crippen LogP contribution in [0.15, 0.2) is 0 Å². The molecule has 4 unspecified atom stereocenters. The second-order valence-electron chi connectivity index (χ2n) is 7.03. The fraction of sp³-hybridized carbons (Fsp3) is 0.667. The third kappa shape index (κ3) is 10.9. The number of carboxylic acid groups (broad SMARTS) is 2. The summed E-state index contributed by atoms with van der Waals surface area (Å²) in [4.78, 5) is 70.1. The van der Waals surface area contributed by atoms with Gasteiger partial charge in [0, 0.05) is 12.8 Å². The number of nitrogens with one attached hydrogen (secondary N) is 3. The van der Waals surface area contributed by atoms with E-state index in [2.05, 4.69) is 16.0 Å². The highest BCUT2D eigenvalue weighted by Gasteiger charge is 2.32. The van der Waals surface area contributed by atoms with Gasteiger partial charge in [-0.05, 0) is 18.8 Å². The van der Waals surface area contributed by atoms with E-state index in [4.69, 9.17) is 16.6 Å². The molecule has 0 aromatic rings. The molecular formula is C18H31N5O8. The summed E-state index contributed by atoms with van der Waals surface area (Å²) in [6.07, 6.45) is -0.715. The Morgan fingerprint density at radius 3 is 1.90 bits per heavy atom. The standard InChI is InChI=1S/C18H31N5O8/c1-3-9(2)15(17(29)22-11(18(30)31)4-6-12(20)24)23-16(28)10(5-7-14(26)27)21-13(25)8-19/h9-11,15H,3-8,19H2,1-2H3,(H2,20,24)(H,21,25)(H,22,29)(H,23,28)(H,26,27)(H,30,31). The van der Waals surface area contributed by atoms with Crippen molar-refractivity contribution >= 4 is 35.6 Å². The topological polar surface area (TPSA) is 231 Å². The van der Waals surface area contributed by atoms with E-state index in [0.29, 0.717) is 6.42 Å². The molecule has 9 N–H and O–H groups in total. The number of carboxylic acids is 2. The molecule has 13 heteroatoms. The van der Waals surface area contributed by atoms with Gasteiger partial charge in [-0.3, -0.25) is 24.0 Å². The molecule has 0 aliphatic rings. The predicted molar refractivity (Wildman–Crippen MR) is 107 cm³/mol. The molecule has 4 amide bonds. The number of carbonyl (C=O) groups excluding carboxylic acids is 4. The molecule has 176 valence electrons. The lowest BCUT2D eigenvalue weighted by molar-refractivity contribution is -0.143. The monoisotopic (exact) mass is 445 g/mol. The molecule has 0 saturated carbocycles. The smallest absolute Gasteiger partial charge is 0.326 e. The van der Waals surface area contributed by atoms with Crippen LogP contribution in [0.2, 0.25) is 0 Å². The number of hydrogen-bond acceptors (Lipinski definition) is 7. The van der Waals surface area contributed by atoms with Crippen molar-refractivity contribution < 1.29 is 39.0 Å². The predicted octanol–water partition coefficient (Wildman–Crippen LogP) is -2.34. The van der Waals surface area contributed by atoms with Crippen molar-refractivity contribution in [3.05, 3.63) is 0 Å². The van der Waals surface area contributed by atoms with Crippen LogP contribution in [0.4, 0.5) is 0 Å². The van der Waals surface area contributed by atoms with Gasteiger partial charge in [-0.2, -0.15) is 0 Å². The highest BCUT2D eigenvalue weighted by molar-refractivity contribution is 5.94. The molecule has 0 heterocycles. The summed E-state index contributed by atoms with van der Waals surface area (Å²) in [5, 5.41) is 25.1. The van der Waals surface area contributed by atoms with E-state index in [1.165, 1.54) is 0 Å². The maximum atomic E-state index is 12.7. The Labute approximate surface area is 179 Å². The zero-order valence-electron chi connectivity index (χ0n) is 17.6. The molecule has 0 rings (SSSR count). The van der Waals surface area contributed by atoms with Gasteiger partial charge < -0.3 is 37.6 Å². The van der Waals surface area contributed by atoms with Crippen LogP contribution >= 0.6 is 0 Å². The van der Waals surface area contributed by atoms with Crippen LogP contribution in [0, 0.1) is 5.92 Å². The van der Waals surface area contributed by atoms with Crippen LogP contribution < -0.4 is 27.4 Å². The van der Waals surface area contributed by atoms with Gasteiger partial charge in [-0.1, -0.05) is 20.3 Å². The molecule has 0 radical (unpaired) electrons. The van der Waals surface area contributed by atoms with Crippen molar-refractivity contribution in [1.82, 2.24) is 16.0 Å². The number of carbonyl (C=O) groups is 6. The minimum Gasteiger partial charge on any atom is -0.481 e. The molecular weight excluding hydrogens is 414 g/mol. The van der Waals surface area contributed by atoms with E-state index >= 15 is 0 Å². The molecule has 31 heavy (non-hydrogen) atoms. The summed E-state index contributed by atoms with van der Waals surface area (Å²) in [6.45, 7) is 2.97. The summed E-state index contributed by atoms with van der Waals surface area (Å²) in [6, 6.07) is -3.82. The van der Waals surface area contributed by atoms with Crippen molar-refractivity contribution in [2.75, 3.05) is 6.54 Å². The van der Waals surface area contributed by atoms with Crippen LogP contribution in [0.25, 0.3) is 0 Å². The zero-order valence-corrected chi connectivity index (χ0v) is 17.6. The Kier molecular flexibility index (Phi) is 12.5. The van der Waals surface area contributed by atoms with Gasteiger partial charge in [0.2, 0.25) is 23.6 Å². The van der Waals surface area contributed by atoms with Crippen molar-refractivity contribution in [3.63, 3.8) is 0 Å². The fourth-order valence-corrected chi connectivity index (χ4v) is 2.55. The lowest BCUT2D eigenvalue weighted by Crippen LogP contribution is -2.58. The zero-order chi connectivity index (χ0) is 24.1. The van der Waals surface area contributed by atoms with Crippen molar-refractivity contribution in [2.45, 2.75) is 64.1 Å². The lowest BCUT2D eigenvalue weighted by Gasteiger charge is -2.27. The summed E-state index contributed by atoms with van der Waals surface area (Å²) in [5.74, 6) is -6.03. The number of rotatable bonds is 15. The van der Waals surface area contributed by atoms with Gasteiger partial charge in [-0.25, -0.2) is 4.79 Å². The van der Waals surface area contributed by atoms with Gasteiger partial charge >= 0.3 is 11.9 Å². The van der Waals surface area contributed by atoms with Gasteiger partial charge in [0.15, 0.2) is 0 Å². The van der Waals surface area contributed by atoms with Gasteiger partial charge in [0.1, 0.15) is 18.1 Å². The Morgan fingerprint density at radius 2 is 1.45 bits per heavy atom. The molecule has 0 aromatic carbocycles. The summed E-state index contributed by atoms with van der Waals surface area (Å²) in [5.41, 5.74) is 10.2. The number of amides is 4. The first-order chi connectivity index (χ1) is 14.4. The first kappa shape index (κ1) is 27.8. The summed E-state index contributed by atoms with van der Waals surface area (Å²) < 4.78 is 0. The number of hydrogen-bond donors (Lipinski definition) is 7. The van der Waals surface area contributed by atoms with Crippen molar-refractivity contribution in [2.24, 2.45) is 17.4 Å². The third-order valence-corrected chi connectivity index (χ3v) is 4.57. The van der Waals surface area contributed by atoms with E-state index in [1.54, 1.807) is 13.8 Å². The Hall–Kier alpha value is -3.22. The highest BCUT2D eigenvalue weighted by Crippen LogP contribution is 2.11. The van der Waals surface area contributed by atoms with Crippen LogP contribution in [0.1, 0.15) is 46.0 Å². The summed E-state index contributed by atoms with van der Waals surface area (Å²) >= 11 is 0. The van der Waals surface area contributed by atoms with E-state index in [0.717, 1.165) is 0 Å². The Balaban J connectivity index is 5.45. The van der Waals surface area contributed by atoms with E-state index in [-0.39, 0.29) is 19.3 Å². The SMILES string of the molecule is CCC(C)C(NC(=O)C(CCC(=O)O)NC(=O)CN)C(=O)NC(CCC(N)=O)C(=O)O.